The highest BCUT2D eigenvalue weighted by atomic mass is 32.1. The quantitative estimate of drug-likeness (QED) is 0.710. The molecule has 0 radical (unpaired) electrons. The Kier molecular flexibility index (Phi) is 4.20. The first-order valence-electron chi connectivity index (χ1n) is 6.80. The molecule has 1 heterocycles. The van der Waals surface area contributed by atoms with Crippen molar-refractivity contribution < 1.29 is 9.53 Å². The number of hydrogen-bond donors (Lipinski definition) is 2. The van der Waals surface area contributed by atoms with Crippen molar-refractivity contribution in [3.8, 4) is 5.75 Å². The number of aryl methyl sites for hydroxylation is 1. The molecular weight excluding hydrogens is 298 g/mol. The number of hydrazine groups is 1. The number of hydrogen-bond acceptors (Lipinski definition) is 5. The topological polar surface area (TPSA) is 63.2 Å². The molecule has 0 spiro atoms. The number of para-hydroxylation sites is 1. The Bertz CT molecular complexity index is 786. The molecule has 0 aliphatic carbocycles. The molecule has 0 fully saturated rings. The smallest absolute Gasteiger partial charge is 0.276 e. The van der Waals surface area contributed by atoms with E-state index < -0.39 is 0 Å². The lowest BCUT2D eigenvalue weighted by Crippen LogP contribution is -2.33. The number of amides is 1. The van der Waals surface area contributed by atoms with Crippen LogP contribution in [-0.2, 0) is 4.79 Å². The fourth-order valence-electron chi connectivity index (χ4n) is 1.91. The van der Waals surface area contributed by atoms with E-state index in [1.54, 1.807) is 12.1 Å². The number of thiazole rings is 1. The maximum atomic E-state index is 11.7. The van der Waals surface area contributed by atoms with E-state index >= 15 is 0 Å². The van der Waals surface area contributed by atoms with Crippen molar-refractivity contribution in [1.29, 1.82) is 0 Å². The molecule has 6 heteroatoms. The zero-order valence-corrected chi connectivity index (χ0v) is 12.8. The summed E-state index contributed by atoms with van der Waals surface area (Å²) in [5, 5.41) is 0.647. The van der Waals surface area contributed by atoms with Gasteiger partial charge in [0.15, 0.2) is 6.61 Å². The molecule has 112 valence electrons. The van der Waals surface area contributed by atoms with Gasteiger partial charge in [-0.2, -0.15) is 0 Å². The number of carbonyl (C=O) groups is 1. The Morgan fingerprint density at radius 1 is 1.23 bits per heavy atom. The number of fused-ring (bicyclic) bond motifs is 1. The van der Waals surface area contributed by atoms with E-state index in [4.69, 9.17) is 4.74 Å². The number of rotatable bonds is 5. The van der Waals surface area contributed by atoms with Gasteiger partial charge in [-0.15, -0.1) is 0 Å². The van der Waals surface area contributed by atoms with Gasteiger partial charge in [0.25, 0.3) is 5.91 Å². The maximum Gasteiger partial charge on any atom is 0.276 e. The van der Waals surface area contributed by atoms with Gasteiger partial charge >= 0.3 is 0 Å². The van der Waals surface area contributed by atoms with Gasteiger partial charge in [-0.3, -0.25) is 15.6 Å². The fraction of sp³-hybridized carbons (Fsp3) is 0.125. The lowest BCUT2D eigenvalue weighted by Gasteiger charge is -2.07. The minimum absolute atomic E-state index is 0.0545. The van der Waals surface area contributed by atoms with E-state index in [2.05, 4.69) is 21.9 Å². The maximum absolute atomic E-state index is 11.7. The number of aromatic nitrogens is 1. The lowest BCUT2D eigenvalue weighted by molar-refractivity contribution is -0.122. The summed E-state index contributed by atoms with van der Waals surface area (Å²) in [5.41, 5.74) is 7.49. The molecule has 22 heavy (non-hydrogen) atoms. The second-order valence-corrected chi connectivity index (χ2v) is 5.80. The predicted molar refractivity (Wildman–Crippen MR) is 88.1 cm³/mol. The van der Waals surface area contributed by atoms with Crippen molar-refractivity contribution in [3.05, 3.63) is 54.1 Å². The second-order valence-electron chi connectivity index (χ2n) is 4.77. The Labute approximate surface area is 131 Å². The van der Waals surface area contributed by atoms with Gasteiger partial charge in [-0.1, -0.05) is 35.6 Å². The fourth-order valence-corrected chi connectivity index (χ4v) is 2.83. The summed E-state index contributed by atoms with van der Waals surface area (Å²) in [4.78, 5) is 16.1. The third kappa shape index (κ3) is 3.53. The van der Waals surface area contributed by atoms with Crippen LogP contribution in [0.5, 0.6) is 5.75 Å². The Morgan fingerprint density at radius 2 is 2.05 bits per heavy atom. The molecule has 0 aliphatic heterocycles. The summed E-state index contributed by atoms with van der Waals surface area (Å²) < 4.78 is 6.44. The Balaban J connectivity index is 1.53. The van der Waals surface area contributed by atoms with E-state index in [1.807, 2.05) is 37.3 Å². The number of benzene rings is 2. The van der Waals surface area contributed by atoms with Crippen molar-refractivity contribution in [3.63, 3.8) is 0 Å². The molecule has 5 nitrogen and oxygen atoms in total. The van der Waals surface area contributed by atoms with E-state index in [9.17, 15) is 4.79 Å². The van der Waals surface area contributed by atoms with Crippen LogP contribution in [0.2, 0.25) is 0 Å². The van der Waals surface area contributed by atoms with Crippen molar-refractivity contribution >= 4 is 32.6 Å². The van der Waals surface area contributed by atoms with E-state index in [0.717, 1.165) is 10.2 Å². The zero-order chi connectivity index (χ0) is 15.4. The second kappa shape index (κ2) is 6.44. The number of nitrogens with zero attached hydrogens (tertiary/aromatic N) is 1. The van der Waals surface area contributed by atoms with Crippen molar-refractivity contribution in [1.82, 2.24) is 10.4 Å². The van der Waals surface area contributed by atoms with Crippen LogP contribution in [0.3, 0.4) is 0 Å². The summed E-state index contributed by atoms with van der Waals surface area (Å²) in [6.07, 6.45) is 0. The highest BCUT2D eigenvalue weighted by Gasteiger charge is 2.06. The van der Waals surface area contributed by atoms with Crippen molar-refractivity contribution in [2.75, 3.05) is 12.0 Å². The summed E-state index contributed by atoms with van der Waals surface area (Å²) >= 11 is 1.49. The van der Waals surface area contributed by atoms with E-state index in [1.165, 1.54) is 16.9 Å². The normalized spacial score (nSPS) is 10.4. The van der Waals surface area contributed by atoms with Crippen LogP contribution in [0, 0.1) is 6.92 Å². The first-order chi connectivity index (χ1) is 10.7. The molecule has 0 bridgehead atoms. The molecule has 0 aliphatic rings. The van der Waals surface area contributed by atoms with Crippen molar-refractivity contribution in [2.45, 2.75) is 6.92 Å². The van der Waals surface area contributed by atoms with Crippen LogP contribution in [0.4, 0.5) is 5.13 Å². The summed E-state index contributed by atoms with van der Waals surface area (Å²) in [5.74, 6) is 0.396. The van der Waals surface area contributed by atoms with Gasteiger partial charge in [-0.05, 0) is 36.8 Å². The first-order valence-corrected chi connectivity index (χ1v) is 7.62. The highest BCUT2D eigenvalue weighted by Crippen LogP contribution is 2.25. The molecule has 0 saturated heterocycles. The molecule has 3 rings (SSSR count). The molecule has 0 saturated carbocycles. The third-order valence-corrected chi connectivity index (χ3v) is 3.90. The molecule has 2 N–H and O–H groups in total. The van der Waals surface area contributed by atoms with E-state index in [0.29, 0.717) is 10.9 Å². The highest BCUT2D eigenvalue weighted by molar-refractivity contribution is 7.22. The number of carbonyl (C=O) groups excluding carboxylic acids is 1. The number of ether oxygens (including phenoxy) is 1. The minimum Gasteiger partial charge on any atom is -0.484 e. The molecule has 1 aromatic heterocycles. The standard InChI is InChI=1S/C16H15N3O2S/c1-11-7-8-13-14(9-11)22-16(17-13)19-18-15(20)10-21-12-5-3-2-4-6-12/h2-9H,10H2,1H3,(H,17,19)(H,18,20). The van der Waals surface area contributed by atoms with Gasteiger partial charge in [0.1, 0.15) is 5.75 Å². The lowest BCUT2D eigenvalue weighted by atomic mass is 10.2. The largest absolute Gasteiger partial charge is 0.484 e. The van der Waals surface area contributed by atoms with Crippen LogP contribution < -0.4 is 15.6 Å². The van der Waals surface area contributed by atoms with Crippen LogP contribution in [-0.4, -0.2) is 17.5 Å². The van der Waals surface area contributed by atoms with Crippen LogP contribution in [0.15, 0.2) is 48.5 Å². The average Bonchev–Trinajstić information content (AvgIpc) is 2.94. The van der Waals surface area contributed by atoms with Crippen LogP contribution >= 0.6 is 11.3 Å². The van der Waals surface area contributed by atoms with Gasteiger partial charge in [0.05, 0.1) is 10.2 Å². The van der Waals surface area contributed by atoms with Gasteiger partial charge in [-0.25, -0.2) is 4.98 Å². The molecule has 3 aromatic rings. The van der Waals surface area contributed by atoms with Gasteiger partial charge in [0, 0.05) is 0 Å². The SMILES string of the molecule is Cc1ccc2nc(NNC(=O)COc3ccccc3)sc2c1. The third-order valence-electron chi connectivity index (χ3n) is 2.97. The summed E-state index contributed by atoms with van der Waals surface area (Å²) in [7, 11) is 0. The molecule has 1 amide bonds. The first kappa shape index (κ1) is 14.3. The predicted octanol–water partition coefficient (Wildman–Crippen LogP) is 3.13. The number of nitrogens with one attached hydrogen (secondary N) is 2. The summed E-state index contributed by atoms with van der Waals surface area (Å²) in [6, 6.07) is 15.3. The zero-order valence-electron chi connectivity index (χ0n) is 12.0. The average molecular weight is 313 g/mol. The van der Waals surface area contributed by atoms with Gasteiger partial charge in [0.2, 0.25) is 5.13 Å². The Hall–Kier alpha value is -2.60. The Morgan fingerprint density at radius 3 is 2.86 bits per heavy atom. The van der Waals surface area contributed by atoms with Gasteiger partial charge < -0.3 is 4.74 Å². The molecular formula is C16H15N3O2S. The molecule has 0 unspecified atom stereocenters. The van der Waals surface area contributed by atoms with Crippen LogP contribution in [0.1, 0.15) is 5.56 Å². The molecule has 2 aromatic carbocycles. The molecule has 0 atom stereocenters. The van der Waals surface area contributed by atoms with Crippen molar-refractivity contribution in [2.24, 2.45) is 0 Å². The minimum atomic E-state index is -0.265. The number of anilines is 1. The van der Waals surface area contributed by atoms with E-state index in [-0.39, 0.29) is 12.5 Å². The summed E-state index contributed by atoms with van der Waals surface area (Å²) in [6.45, 7) is 1.98. The van der Waals surface area contributed by atoms with Crippen LogP contribution in [0.25, 0.3) is 10.2 Å². The monoisotopic (exact) mass is 313 g/mol.